The fourth-order valence-electron chi connectivity index (χ4n) is 4.73. The molecule has 34 heavy (non-hydrogen) atoms. The summed E-state index contributed by atoms with van der Waals surface area (Å²) in [4.78, 5) is 22.9. The van der Waals surface area contributed by atoms with Gasteiger partial charge in [0.15, 0.2) is 11.6 Å². The number of rotatable bonds is 13. The van der Waals surface area contributed by atoms with Crippen molar-refractivity contribution in [2.24, 2.45) is 5.92 Å². The van der Waals surface area contributed by atoms with E-state index in [-0.39, 0.29) is 43.1 Å². The van der Waals surface area contributed by atoms with Crippen molar-refractivity contribution in [3.63, 3.8) is 0 Å². The summed E-state index contributed by atoms with van der Waals surface area (Å²) in [5.74, 6) is -2.70. The fourth-order valence-corrected chi connectivity index (χ4v) is 4.73. The molecule has 1 atom stereocenters. The van der Waals surface area contributed by atoms with Gasteiger partial charge in [0.2, 0.25) is 0 Å². The molecule has 0 radical (unpaired) electrons. The molecule has 7 heteroatoms. The number of ether oxygens (including phenoxy) is 2. The van der Waals surface area contributed by atoms with Gasteiger partial charge < -0.3 is 14.6 Å². The van der Waals surface area contributed by atoms with E-state index >= 15 is 8.78 Å². The van der Waals surface area contributed by atoms with Gasteiger partial charge in [0, 0.05) is 6.92 Å². The number of benzene rings is 1. The van der Waals surface area contributed by atoms with Crippen LogP contribution in [0.1, 0.15) is 94.6 Å². The van der Waals surface area contributed by atoms with Gasteiger partial charge in [-0.1, -0.05) is 44.9 Å². The highest BCUT2D eigenvalue weighted by atomic mass is 19.2. The minimum absolute atomic E-state index is 0.0198. The van der Waals surface area contributed by atoms with E-state index in [2.05, 4.69) is 13.5 Å². The first-order valence-corrected chi connectivity index (χ1v) is 12.3. The summed E-state index contributed by atoms with van der Waals surface area (Å²) in [6.45, 7) is 6.33. The Hall–Kier alpha value is -2.28. The monoisotopic (exact) mass is 480 g/mol. The van der Waals surface area contributed by atoms with Crippen LogP contribution in [0, 0.1) is 17.6 Å². The van der Waals surface area contributed by atoms with Crippen molar-refractivity contribution in [1.29, 1.82) is 0 Å². The van der Waals surface area contributed by atoms with E-state index in [1.807, 2.05) is 0 Å². The first-order chi connectivity index (χ1) is 16.3. The molecular formula is C27H38F2O5. The van der Waals surface area contributed by atoms with Crippen LogP contribution in [0.15, 0.2) is 24.3 Å². The molecule has 1 aliphatic rings. The lowest BCUT2D eigenvalue weighted by molar-refractivity contribution is -0.141. The zero-order chi connectivity index (χ0) is 25.1. The quantitative estimate of drug-likeness (QED) is 0.279. The molecule has 1 unspecified atom stereocenters. The van der Waals surface area contributed by atoms with Crippen molar-refractivity contribution in [2.75, 3.05) is 19.8 Å². The SMILES string of the molecule is C=C(CO)C(=O)OCCC(CCOC(C)=O)c1ccc(C2CCC(CCCC)CC2)c(F)c1F. The lowest BCUT2D eigenvalue weighted by Gasteiger charge is -2.29. The Bertz CT molecular complexity index is 831. The van der Waals surface area contributed by atoms with Gasteiger partial charge in [0.05, 0.1) is 25.4 Å². The number of aliphatic hydroxyl groups is 1. The Kier molecular flexibility index (Phi) is 11.7. The van der Waals surface area contributed by atoms with Gasteiger partial charge in [-0.2, -0.15) is 0 Å². The smallest absolute Gasteiger partial charge is 0.335 e. The van der Waals surface area contributed by atoms with Crippen LogP contribution >= 0.6 is 0 Å². The summed E-state index contributed by atoms with van der Waals surface area (Å²) >= 11 is 0. The maximum absolute atomic E-state index is 15.2. The summed E-state index contributed by atoms with van der Waals surface area (Å²) in [7, 11) is 0. The Morgan fingerprint density at radius 1 is 1.09 bits per heavy atom. The number of hydrogen-bond donors (Lipinski definition) is 1. The van der Waals surface area contributed by atoms with Crippen LogP contribution in [0.3, 0.4) is 0 Å². The highest BCUT2D eigenvalue weighted by Gasteiger charge is 2.28. The maximum atomic E-state index is 15.2. The van der Waals surface area contributed by atoms with E-state index in [4.69, 9.17) is 14.6 Å². The van der Waals surface area contributed by atoms with Crippen molar-refractivity contribution in [1.82, 2.24) is 0 Å². The van der Waals surface area contributed by atoms with Gasteiger partial charge in [-0.05, 0) is 67.4 Å². The van der Waals surface area contributed by atoms with Gasteiger partial charge in [0.1, 0.15) is 0 Å². The number of hydrogen-bond acceptors (Lipinski definition) is 5. The molecule has 1 aromatic rings. The van der Waals surface area contributed by atoms with Gasteiger partial charge in [0.25, 0.3) is 0 Å². The lowest BCUT2D eigenvalue weighted by atomic mass is 9.76. The van der Waals surface area contributed by atoms with E-state index in [1.54, 1.807) is 12.1 Å². The van der Waals surface area contributed by atoms with Gasteiger partial charge in [-0.3, -0.25) is 4.79 Å². The summed E-state index contributed by atoms with van der Waals surface area (Å²) < 4.78 is 40.5. The Labute approximate surface area is 201 Å². The van der Waals surface area contributed by atoms with Crippen LogP contribution in [-0.2, 0) is 19.1 Å². The summed E-state index contributed by atoms with van der Waals surface area (Å²) in [6, 6.07) is 3.30. The van der Waals surface area contributed by atoms with Crippen molar-refractivity contribution in [2.45, 2.75) is 83.5 Å². The molecule has 1 aromatic carbocycles. The Morgan fingerprint density at radius 3 is 2.32 bits per heavy atom. The number of unbranched alkanes of at least 4 members (excludes halogenated alkanes) is 1. The second-order valence-electron chi connectivity index (χ2n) is 9.24. The molecule has 0 spiro atoms. The molecule has 0 bridgehead atoms. The van der Waals surface area contributed by atoms with E-state index in [0.717, 1.165) is 25.7 Å². The van der Waals surface area contributed by atoms with Crippen LogP contribution in [0.4, 0.5) is 8.78 Å². The third-order valence-corrected chi connectivity index (χ3v) is 6.79. The number of aliphatic hydroxyl groups excluding tert-OH is 1. The lowest BCUT2D eigenvalue weighted by Crippen LogP contribution is -2.17. The highest BCUT2D eigenvalue weighted by Crippen LogP contribution is 2.40. The Morgan fingerprint density at radius 2 is 1.74 bits per heavy atom. The van der Waals surface area contributed by atoms with Crippen molar-refractivity contribution >= 4 is 11.9 Å². The van der Waals surface area contributed by atoms with E-state index in [1.165, 1.54) is 26.2 Å². The zero-order valence-corrected chi connectivity index (χ0v) is 20.4. The molecule has 1 saturated carbocycles. The maximum Gasteiger partial charge on any atom is 0.335 e. The largest absolute Gasteiger partial charge is 0.466 e. The molecule has 0 aromatic heterocycles. The summed E-state index contributed by atoms with van der Waals surface area (Å²) in [5.41, 5.74) is 0.532. The summed E-state index contributed by atoms with van der Waals surface area (Å²) in [5, 5.41) is 8.97. The minimum Gasteiger partial charge on any atom is -0.466 e. The average Bonchev–Trinajstić information content (AvgIpc) is 2.83. The number of halogens is 2. The van der Waals surface area contributed by atoms with Gasteiger partial charge >= 0.3 is 11.9 Å². The first kappa shape index (κ1) is 28.0. The van der Waals surface area contributed by atoms with Crippen LogP contribution < -0.4 is 0 Å². The predicted molar refractivity (Wildman–Crippen MR) is 126 cm³/mol. The van der Waals surface area contributed by atoms with Crippen LogP contribution in [-0.4, -0.2) is 36.9 Å². The first-order valence-electron chi connectivity index (χ1n) is 12.3. The van der Waals surface area contributed by atoms with Crippen LogP contribution in [0.25, 0.3) is 0 Å². The fraction of sp³-hybridized carbons (Fsp3) is 0.630. The number of esters is 2. The normalized spacial score (nSPS) is 18.9. The molecular weight excluding hydrogens is 442 g/mol. The third-order valence-electron chi connectivity index (χ3n) is 6.79. The van der Waals surface area contributed by atoms with Crippen LogP contribution in [0.5, 0.6) is 0 Å². The number of carbonyl (C=O) groups is 2. The zero-order valence-electron chi connectivity index (χ0n) is 20.4. The molecule has 0 amide bonds. The second-order valence-corrected chi connectivity index (χ2v) is 9.24. The molecule has 2 rings (SSSR count). The van der Waals surface area contributed by atoms with Gasteiger partial charge in [-0.15, -0.1) is 0 Å². The topological polar surface area (TPSA) is 72.8 Å². The van der Waals surface area contributed by atoms with Crippen molar-refractivity contribution < 1.29 is 33.0 Å². The molecule has 0 aliphatic heterocycles. The molecule has 5 nitrogen and oxygen atoms in total. The molecule has 1 N–H and O–H groups in total. The molecule has 1 fully saturated rings. The minimum atomic E-state index is -0.885. The third kappa shape index (κ3) is 8.19. The Balaban J connectivity index is 2.10. The highest BCUT2D eigenvalue weighted by molar-refractivity contribution is 5.87. The van der Waals surface area contributed by atoms with E-state index in [9.17, 15) is 9.59 Å². The standard InChI is InChI=1S/C27H38F2O5/c1-4-5-6-20-7-9-21(10-8-20)23-11-12-24(26(29)25(23)28)22(13-15-33-19(3)31)14-16-34-27(32)18(2)17-30/h11-12,20-22,30H,2,4-10,13-17H2,1,3H3. The van der Waals surface area contributed by atoms with Crippen molar-refractivity contribution in [3.05, 3.63) is 47.0 Å². The molecule has 190 valence electrons. The molecule has 0 saturated heterocycles. The molecule has 0 heterocycles. The van der Waals surface area contributed by atoms with E-state index in [0.29, 0.717) is 11.5 Å². The predicted octanol–water partition coefficient (Wildman–Crippen LogP) is 5.95. The number of carbonyl (C=O) groups excluding carboxylic acids is 2. The van der Waals surface area contributed by atoms with Crippen LogP contribution in [0.2, 0.25) is 0 Å². The van der Waals surface area contributed by atoms with Gasteiger partial charge in [-0.25, -0.2) is 13.6 Å². The summed E-state index contributed by atoms with van der Waals surface area (Å²) in [6.07, 6.45) is 7.89. The second kappa shape index (κ2) is 14.2. The van der Waals surface area contributed by atoms with E-state index < -0.39 is 36.1 Å². The molecule has 1 aliphatic carbocycles. The average molecular weight is 481 g/mol. The van der Waals surface area contributed by atoms with Crippen molar-refractivity contribution in [3.8, 4) is 0 Å².